The van der Waals surface area contributed by atoms with Crippen molar-refractivity contribution in [3.8, 4) is 0 Å². The molecule has 0 N–H and O–H groups in total. The van der Waals surface area contributed by atoms with Gasteiger partial charge >= 0.3 is 5.69 Å². The lowest BCUT2D eigenvalue weighted by molar-refractivity contribution is -0.385. The fourth-order valence-corrected chi connectivity index (χ4v) is 2.56. The molecule has 0 aliphatic heterocycles. The molecule has 1 aliphatic rings. The maximum atomic E-state index is 12.3. The normalized spacial score (nSPS) is 16.3. The first-order chi connectivity index (χ1) is 9.00. The number of rotatable bonds is 3. The SMILES string of the molecule is CN(C(=O)c1nn(C)cc1[N+](=O)[O-])C1CCCCC1. The quantitative estimate of drug-likeness (QED) is 0.616. The fourth-order valence-electron chi connectivity index (χ4n) is 2.56. The number of carbonyl (C=O) groups excluding carboxylic acids is 1. The molecule has 1 aliphatic carbocycles. The molecule has 0 saturated heterocycles. The second-order valence-electron chi connectivity index (χ2n) is 5.00. The molecule has 0 bridgehead atoms. The van der Waals surface area contributed by atoms with Crippen LogP contribution in [0, 0.1) is 10.1 Å². The Morgan fingerprint density at radius 3 is 2.68 bits per heavy atom. The zero-order valence-electron chi connectivity index (χ0n) is 11.2. The minimum atomic E-state index is -0.561. The van der Waals surface area contributed by atoms with Crippen LogP contribution in [0.5, 0.6) is 0 Å². The van der Waals surface area contributed by atoms with Gasteiger partial charge in [0.05, 0.1) is 4.92 Å². The smallest absolute Gasteiger partial charge is 0.320 e. The molecule has 0 unspecified atom stereocenters. The Morgan fingerprint density at radius 1 is 1.47 bits per heavy atom. The van der Waals surface area contributed by atoms with E-state index in [0.717, 1.165) is 25.7 Å². The number of nitrogens with zero attached hydrogens (tertiary/aromatic N) is 4. The molecule has 7 heteroatoms. The van der Waals surface area contributed by atoms with Crippen molar-refractivity contribution in [3.05, 3.63) is 22.0 Å². The molecule has 0 aromatic carbocycles. The maximum Gasteiger partial charge on any atom is 0.320 e. The van der Waals surface area contributed by atoms with Crippen LogP contribution in [0.15, 0.2) is 6.20 Å². The molecule has 1 amide bonds. The molecule has 0 radical (unpaired) electrons. The molecule has 19 heavy (non-hydrogen) atoms. The number of carbonyl (C=O) groups is 1. The molecule has 1 heterocycles. The Hall–Kier alpha value is -1.92. The van der Waals surface area contributed by atoms with Crippen LogP contribution in [0.2, 0.25) is 0 Å². The van der Waals surface area contributed by atoms with E-state index in [-0.39, 0.29) is 23.3 Å². The average Bonchev–Trinajstić information content (AvgIpc) is 2.80. The van der Waals surface area contributed by atoms with Crippen LogP contribution in [0.25, 0.3) is 0 Å². The first-order valence-corrected chi connectivity index (χ1v) is 6.46. The zero-order valence-corrected chi connectivity index (χ0v) is 11.2. The summed E-state index contributed by atoms with van der Waals surface area (Å²) in [6.07, 6.45) is 6.59. The molecule has 1 aromatic rings. The van der Waals surface area contributed by atoms with Gasteiger partial charge in [-0.1, -0.05) is 19.3 Å². The first kappa shape index (κ1) is 13.5. The van der Waals surface area contributed by atoms with E-state index in [0.29, 0.717) is 0 Å². The second-order valence-corrected chi connectivity index (χ2v) is 5.00. The lowest BCUT2D eigenvalue weighted by Crippen LogP contribution is -2.38. The maximum absolute atomic E-state index is 12.3. The zero-order chi connectivity index (χ0) is 14.0. The Bertz CT molecular complexity index is 491. The number of hydrogen-bond donors (Lipinski definition) is 0. The average molecular weight is 266 g/mol. The molecule has 2 rings (SSSR count). The van der Waals surface area contributed by atoms with Crippen LogP contribution < -0.4 is 0 Å². The van der Waals surface area contributed by atoms with E-state index in [2.05, 4.69) is 5.10 Å². The number of nitro groups is 1. The van der Waals surface area contributed by atoms with Crippen LogP contribution in [0.4, 0.5) is 5.69 Å². The van der Waals surface area contributed by atoms with Crippen LogP contribution >= 0.6 is 0 Å². The van der Waals surface area contributed by atoms with Crippen LogP contribution in [-0.4, -0.2) is 38.6 Å². The van der Waals surface area contributed by atoms with E-state index >= 15 is 0 Å². The summed E-state index contributed by atoms with van der Waals surface area (Å²) in [5.74, 6) is -0.362. The number of hydrogen-bond acceptors (Lipinski definition) is 4. The van der Waals surface area contributed by atoms with Crippen molar-refractivity contribution in [3.63, 3.8) is 0 Å². The van der Waals surface area contributed by atoms with E-state index < -0.39 is 4.92 Å². The minimum Gasteiger partial charge on any atom is -0.337 e. The van der Waals surface area contributed by atoms with Crippen molar-refractivity contribution < 1.29 is 9.72 Å². The summed E-state index contributed by atoms with van der Waals surface area (Å²) in [6.45, 7) is 0. The third-order valence-corrected chi connectivity index (χ3v) is 3.65. The van der Waals surface area contributed by atoms with Gasteiger partial charge in [-0.3, -0.25) is 19.6 Å². The fraction of sp³-hybridized carbons (Fsp3) is 0.667. The van der Waals surface area contributed by atoms with Gasteiger partial charge < -0.3 is 4.90 Å². The number of aromatic nitrogens is 2. The van der Waals surface area contributed by atoms with Crippen molar-refractivity contribution in [2.45, 2.75) is 38.1 Å². The lowest BCUT2D eigenvalue weighted by atomic mass is 9.94. The predicted octanol–water partition coefficient (Wildman–Crippen LogP) is 1.73. The molecule has 0 atom stereocenters. The van der Waals surface area contributed by atoms with Crippen LogP contribution in [0.1, 0.15) is 42.6 Å². The van der Waals surface area contributed by atoms with E-state index in [4.69, 9.17) is 0 Å². The number of amides is 1. The third kappa shape index (κ3) is 2.74. The largest absolute Gasteiger partial charge is 0.337 e. The Balaban J connectivity index is 2.20. The highest BCUT2D eigenvalue weighted by Gasteiger charge is 2.30. The third-order valence-electron chi connectivity index (χ3n) is 3.65. The van der Waals surface area contributed by atoms with Crippen molar-refractivity contribution >= 4 is 11.6 Å². The second kappa shape index (κ2) is 5.38. The van der Waals surface area contributed by atoms with Gasteiger partial charge in [-0.15, -0.1) is 0 Å². The van der Waals surface area contributed by atoms with Gasteiger partial charge in [-0.05, 0) is 12.8 Å². The summed E-state index contributed by atoms with van der Waals surface area (Å²) < 4.78 is 1.31. The summed E-state index contributed by atoms with van der Waals surface area (Å²) >= 11 is 0. The molecular formula is C12H18N4O3. The van der Waals surface area contributed by atoms with E-state index in [9.17, 15) is 14.9 Å². The molecule has 7 nitrogen and oxygen atoms in total. The Labute approximate surface area is 111 Å². The highest BCUT2D eigenvalue weighted by atomic mass is 16.6. The molecule has 104 valence electrons. The summed E-state index contributed by atoms with van der Waals surface area (Å²) in [6, 6.07) is 0.169. The molecular weight excluding hydrogens is 248 g/mol. The summed E-state index contributed by atoms with van der Waals surface area (Å²) in [5, 5.41) is 14.9. The summed E-state index contributed by atoms with van der Waals surface area (Å²) in [5.41, 5.74) is -0.296. The van der Waals surface area contributed by atoms with Gasteiger partial charge in [0.15, 0.2) is 0 Å². The summed E-state index contributed by atoms with van der Waals surface area (Å²) in [7, 11) is 3.28. The molecule has 1 aromatic heterocycles. The molecule has 1 saturated carbocycles. The van der Waals surface area contributed by atoms with Gasteiger partial charge in [-0.25, -0.2) is 0 Å². The van der Waals surface area contributed by atoms with Crippen LogP contribution in [-0.2, 0) is 7.05 Å². The Morgan fingerprint density at radius 2 is 2.11 bits per heavy atom. The van der Waals surface area contributed by atoms with Crippen molar-refractivity contribution in [2.24, 2.45) is 7.05 Å². The van der Waals surface area contributed by atoms with Gasteiger partial charge in [0.2, 0.25) is 5.69 Å². The molecule has 0 spiro atoms. The standard InChI is InChI=1S/C12H18N4O3/c1-14-8-10(16(18)19)11(13-14)12(17)15(2)9-6-4-3-5-7-9/h8-9H,3-7H2,1-2H3. The van der Waals surface area contributed by atoms with E-state index in [1.54, 1.807) is 19.0 Å². The predicted molar refractivity (Wildman–Crippen MR) is 68.8 cm³/mol. The van der Waals surface area contributed by atoms with Crippen molar-refractivity contribution in [1.82, 2.24) is 14.7 Å². The monoisotopic (exact) mass is 266 g/mol. The lowest BCUT2D eigenvalue weighted by Gasteiger charge is -2.30. The molecule has 1 fully saturated rings. The van der Waals surface area contributed by atoms with Gasteiger partial charge in [-0.2, -0.15) is 5.10 Å². The highest BCUT2D eigenvalue weighted by molar-refractivity contribution is 5.96. The summed E-state index contributed by atoms with van der Waals surface area (Å²) in [4.78, 5) is 24.3. The topological polar surface area (TPSA) is 81.3 Å². The van der Waals surface area contributed by atoms with Gasteiger partial charge in [0.25, 0.3) is 5.91 Å². The van der Waals surface area contributed by atoms with Crippen molar-refractivity contribution in [2.75, 3.05) is 7.05 Å². The van der Waals surface area contributed by atoms with Gasteiger partial charge in [0, 0.05) is 20.1 Å². The highest BCUT2D eigenvalue weighted by Crippen LogP contribution is 2.24. The van der Waals surface area contributed by atoms with Crippen LogP contribution in [0.3, 0.4) is 0 Å². The van der Waals surface area contributed by atoms with Crippen molar-refractivity contribution in [1.29, 1.82) is 0 Å². The minimum absolute atomic E-state index is 0.0689. The van der Waals surface area contributed by atoms with E-state index in [1.165, 1.54) is 17.3 Å². The van der Waals surface area contributed by atoms with Gasteiger partial charge in [0.1, 0.15) is 6.20 Å². The van der Waals surface area contributed by atoms with E-state index in [1.807, 2.05) is 0 Å². The number of aryl methyl sites for hydroxylation is 1. The first-order valence-electron chi connectivity index (χ1n) is 6.46. The Kier molecular flexibility index (Phi) is 3.82.